The summed E-state index contributed by atoms with van der Waals surface area (Å²) in [4.78, 5) is 26.4. The van der Waals surface area contributed by atoms with E-state index in [1.165, 1.54) is 0 Å². The van der Waals surface area contributed by atoms with Crippen LogP contribution in [0, 0.1) is 12.8 Å². The summed E-state index contributed by atoms with van der Waals surface area (Å²) < 4.78 is 6.85. The third kappa shape index (κ3) is 2.87. The van der Waals surface area contributed by atoms with Crippen LogP contribution >= 0.6 is 0 Å². The molecule has 4 heterocycles. The van der Waals surface area contributed by atoms with Crippen molar-refractivity contribution in [1.29, 1.82) is 0 Å². The highest BCUT2D eigenvalue weighted by Crippen LogP contribution is 2.34. The van der Waals surface area contributed by atoms with E-state index >= 15 is 0 Å². The summed E-state index contributed by atoms with van der Waals surface area (Å²) >= 11 is 0. The van der Waals surface area contributed by atoms with Gasteiger partial charge in [-0.05, 0) is 25.3 Å². The Hall–Kier alpha value is -2.41. The van der Waals surface area contributed by atoms with Gasteiger partial charge in [-0.2, -0.15) is 0 Å². The van der Waals surface area contributed by atoms with Crippen molar-refractivity contribution in [1.82, 2.24) is 14.6 Å². The summed E-state index contributed by atoms with van der Waals surface area (Å²) in [5.74, 6) is 1.76. The fourth-order valence-electron chi connectivity index (χ4n) is 3.94. The van der Waals surface area contributed by atoms with Crippen LogP contribution in [0.25, 0.3) is 0 Å². The van der Waals surface area contributed by atoms with Crippen LogP contribution in [0.2, 0.25) is 0 Å². The molecule has 0 aliphatic carbocycles. The lowest BCUT2D eigenvalue weighted by Crippen LogP contribution is -2.49. The number of likely N-dealkylation sites (tertiary alicyclic amines) is 1. The molecule has 0 radical (unpaired) electrons. The standard InChI is InChI=1S/C17H20N4O3/c1-11-5-15(19-24-11)18-16(22)10-20-7-12-6-13(9-20)14-3-2-4-17(23)21(14)8-12/h2-5,12-13H,6-10H2,1H3,(H,18,19,22)/t12-,13+/m1/s1. The molecule has 7 nitrogen and oxygen atoms in total. The van der Waals surface area contributed by atoms with Gasteiger partial charge in [-0.25, -0.2) is 0 Å². The number of piperidine rings is 1. The van der Waals surface area contributed by atoms with Crippen molar-refractivity contribution in [2.24, 2.45) is 5.92 Å². The maximum absolute atomic E-state index is 12.2. The molecule has 0 spiro atoms. The first-order chi connectivity index (χ1) is 11.6. The normalized spacial score (nSPS) is 22.9. The van der Waals surface area contributed by atoms with E-state index in [-0.39, 0.29) is 11.5 Å². The Bertz CT molecular complexity index is 825. The first-order valence-electron chi connectivity index (χ1n) is 8.24. The molecule has 0 unspecified atom stereocenters. The highest BCUT2D eigenvalue weighted by atomic mass is 16.5. The number of fused-ring (bicyclic) bond motifs is 4. The van der Waals surface area contributed by atoms with E-state index in [4.69, 9.17) is 4.52 Å². The Kier molecular flexibility index (Phi) is 3.72. The second kappa shape index (κ2) is 5.90. The lowest BCUT2D eigenvalue weighted by atomic mass is 9.83. The maximum atomic E-state index is 12.2. The molecule has 2 aliphatic rings. The number of hydrogen-bond acceptors (Lipinski definition) is 5. The minimum Gasteiger partial charge on any atom is -0.360 e. The number of anilines is 1. The average Bonchev–Trinajstić information content (AvgIpc) is 2.93. The zero-order valence-electron chi connectivity index (χ0n) is 13.6. The summed E-state index contributed by atoms with van der Waals surface area (Å²) in [5, 5.41) is 6.55. The molecule has 1 amide bonds. The van der Waals surface area contributed by atoms with Crippen molar-refractivity contribution in [3.05, 3.63) is 46.1 Å². The molecule has 0 aromatic carbocycles. The fraction of sp³-hybridized carbons (Fsp3) is 0.471. The Morgan fingerprint density at radius 3 is 3.04 bits per heavy atom. The molecule has 1 saturated heterocycles. The van der Waals surface area contributed by atoms with Crippen molar-refractivity contribution in [3.8, 4) is 0 Å². The van der Waals surface area contributed by atoms with E-state index in [0.29, 0.717) is 30.0 Å². The van der Waals surface area contributed by atoms with Gasteiger partial charge in [-0.15, -0.1) is 0 Å². The van der Waals surface area contributed by atoms with Crippen LogP contribution in [0.5, 0.6) is 0 Å². The Morgan fingerprint density at radius 1 is 1.38 bits per heavy atom. The molecule has 24 heavy (non-hydrogen) atoms. The van der Waals surface area contributed by atoms with Gasteiger partial charge in [0.15, 0.2) is 5.82 Å². The molecule has 2 aromatic heterocycles. The first kappa shape index (κ1) is 15.1. The smallest absolute Gasteiger partial charge is 0.250 e. The number of aryl methyl sites for hydroxylation is 1. The highest BCUT2D eigenvalue weighted by molar-refractivity contribution is 5.91. The van der Waals surface area contributed by atoms with E-state index in [9.17, 15) is 9.59 Å². The molecule has 1 N–H and O–H groups in total. The maximum Gasteiger partial charge on any atom is 0.250 e. The molecule has 126 valence electrons. The molecule has 7 heteroatoms. The van der Waals surface area contributed by atoms with Crippen LogP contribution in [0.1, 0.15) is 23.8 Å². The monoisotopic (exact) mass is 328 g/mol. The molecule has 2 aliphatic heterocycles. The van der Waals surface area contributed by atoms with Gasteiger partial charge in [-0.1, -0.05) is 11.2 Å². The summed E-state index contributed by atoms with van der Waals surface area (Å²) in [6.45, 7) is 4.49. The van der Waals surface area contributed by atoms with Crippen molar-refractivity contribution >= 4 is 11.7 Å². The van der Waals surface area contributed by atoms with E-state index in [1.54, 1.807) is 19.1 Å². The first-order valence-corrected chi connectivity index (χ1v) is 8.24. The third-order valence-corrected chi connectivity index (χ3v) is 4.82. The molecular weight excluding hydrogens is 308 g/mol. The predicted molar refractivity (Wildman–Crippen MR) is 87.9 cm³/mol. The predicted octanol–water partition coefficient (Wildman–Crippen LogP) is 1.20. The number of carbonyl (C=O) groups excluding carboxylic acids is 1. The minimum atomic E-state index is -0.0891. The summed E-state index contributed by atoms with van der Waals surface area (Å²) in [6, 6.07) is 7.18. The van der Waals surface area contributed by atoms with E-state index < -0.39 is 0 Å². The minimum absolute atomic E-state index is 0.0785. The number of hydrogen-bond donors (Lipinski definition) is 1. The largest absolute Gasteiger partial charge is 0.360 e. The fourth-order valence-corrected chi connectivity index (χ4v) is 3.94. The molecule has 0 saturated carbocycles. The highest BCUT2D eigenvalue weighted by Gasteiger charge is 2.34. The van der Waals surface area contributed by atoms with Gasteiger partial charge in [0.05, 0.1) is 6.54 Å². The number of nitrogens with zero attached hydrogens (tertiary/aromatic N) is 3. The van der Waals surface area contributed by atoms with Gasteiger partial charge >= 0.3 is 0 Å². The lowest BCUT2D eigenvalue weighted by Gasteiger charge is -2.42. The van der Waals surface area contributed by atoms with Crippen LogP contribution in [-0.2, 0) is 11.3 Å². The van der Waals surface area contributed by atoms with E-state index in [0.717, 1.165) is 31.7 Å². The van der Waals surface area contributed by atoms with Crippen molar-refractivity contribution in [3.63, 3.8) is 0 Å². The number of amides is 1. The van der Waals surface area contributed by atoms with Crippen LogP contribution < -0.4 is 10.9 Å². The van der Waals surface area contributed by atoms with Crippen molar-refractivity contribution < 1.29 is 9.32 Å². The summed E-state index contributed by atoms with van der Waals surface area (Å²) in [7, 11) is 0. The van der Waals surface area contributed by atoms with Gasteiger partial charge in [0.25, 0.3) is 5.56 Å². The average molecular weight is 328 g/mol. The van der Waals surface area contributed by atoms with E-state index in [2.05, 4.69) is 15.4 Å². The van der Waals surface area contributed by atoms with Crippen LogP contribution in [-0.4, -0.2) is 40.2 Å². The van der Waals surface area contributed by atoms with Gasteiger partial charge in [0.2, 0.25) is 5.91 Å². The van der Waals surface area contributed by atoms with Gasteiger partial charge in [0.1, 0.15) is 5.76 Å². The summed E-state index contributed by atoms with van der Waals surface area (Å²) in [6.07, 6.45) is 1.09. The third-order valence-electron chi connectivity index (χ3n) is 4.82. The Balaban J connectivity index is 1.44. The van der Waals surface area contributed by atoms with Gasteiger partial charge in [0, 0.05) is 43.4 Å². The second-order valence-electron chi connectivity index (χ2n) is 6.76. The van der Waals surface area contributed by atoms with Gasteiger partial charge < -0.3 is 14.4 Å². The molecule has 4 rings (SSSR count). The van der Waals surface area contributed by atoms with Crippen LogP contribution in [0.3, 0.4) is 0 Å². The quantitative estimate of drug-likeness (QED) is 0.916. The number of nitrogens with one attached hydrogen (secondary N) is 1. The molecule has 2 aromatic rings. The number of rotatable bonds is 3. The van der Waals surface area contributed by atoms with Crippen LogP contribution in [0.15, 0.2) is 33.6 Å². The van der Waals surface area contributed by atoms with Crippen molar-refractivity contribution in [2.75, 3.05) is 25.0 Å². The SMILES string of the molecule is Cc1cc(NC(=O)CN2C[C@H]3C[C@@H](C2)c2cccc(=O)n2C3)no1. The topological polar surface area (TPSA) is 80.4 Å². The van der Waals surface area contributed by atoms with Crippen LogP contribution in [0.4, 0.5) is 5.82 Å². The molecular formula is C17H20N4O3. The van der Waals surface area contributed by atoms with E-state index in [1.807, 2.05) is 16.7 Å². The molecule has 1 fully saturated rings. The second-order valence-corrected chi connectivity index (χ2v) is 6.76. The lowest BCUT2D eigenvalue weighted by molar-refractivity contribution is -0.118. The van der Waals surface area contributed by atoms with Crippen molar-refractivity contribution in [2.45, 2.75) is 25.8 Å². The van der Waals surface area contributed by atoms with Gasteiger partial charge in [-0.3, -0.25) is 14.5 Å². The summed E-state index contributed by atoms with van der Waals surface area (Å²) in [5.41, 5.74) is 1.17. The molecule has 2 atom stereocenters. The Labute approximate surface area is 139 Å². The number of pyridine rings is 1. The molecule has 2 bridgehead atoms. The number of carbonyl (C=O) groups is 1. The zero-order chi connectivity index (χ0) is 16.7. The Morgan fingerprint density at radius 2 is 2.25 bits per heavy atom. The zero-order valence-corrected chi connectivity index (χ0v) is 13.6. The number of aromatic nitrogens is 2.